The smallest absolute Gasteiger partial charge is 0.303 e. The molecule has 0 spiro atoms. The first-order valence-electron chi connectivity index (χ1n) is 7.85. The number of imidazole rings is 1. The fourth-order valence-corrected chi connectivity index (χ4v) is 2.62. The van der Waals surface area contributed by atoms with Crippen LogP contribution in [0.1, 0.15) is 50.9 Å². The molecule has 0 unspecified atom stereocenters. The van der Waals surface area contributed by atoms with Crippen molar-refractivity contribution in [2.75, 3.05) is 0 Å². The van der Waals surface area contributed by atoms with Crippen molar-refractivity contribution < 1.29 is 9.90 Å². The third-order valence-electron chi connectivity index (χ3n) is 3.85. The summed E-state index contributed by atoms with van der Waals surface area (Å²) in [6.45, 7) is 5.24. The Bertz CT molecular complexity index is 617. The maximum Gasteiger partial charge on any atom is 0.303 e. The lowest BCUT2D eigenvalue weighted by atomic mass is 10.1. The quantitative estimate of drug-likeness (QED) is 0.752. The number of carboxylic acid groups (broad SMARTS) is 1. The minimum Gasteiger partial charge on any atom is -0.481 e. The molecule has 0 saturated heterocycles. The summed E-state index contributed by atoms with van der Waals surface area (Å²) in [7, 11) is 0. The van der Waals surface area contributed by atoms with Crippen molar-refractivity contribution in [3.63, 3.8) is 0 Å². The second kappa shape index (κ2) is 7.25. The van der Waals surface area contributed by atoms with Gasteiger partial charge >= 0.3 is 5.97 Å². The van der Waals surface area contributed by atoms with Crippen molar-refractivity contribution in [2.24, 2.45) is 0 Å². The summed E-state index contributed by atoms with van der Waals surface area (Å²) in [5.41, 5.74) is 3.39. The highest BCUT2D eigenvalue weighted by Gasteiger charge is 2.12. The monoisotopic (exact) mass is 288 g/mol. The number of hydrogen-bond donors (Lipinski definition) is 1. The van der Waals surface area contributed by atoms with Gasteiger partial charge in [0.25, 0.3) is 0 Å². The third-order valence-corrected chi connectivity index (χ3v) is 3.85. The summed E-state index contributed by atoms with van der Waals surface area (Å²) in [6.07, 6.45) is 5.10. The Balaban J connectivity index is 2.33. The normalized spacial score (nSPS) is 11.1. The van der Waals surface area contributed by atoms with Gasteiger partial charge in [0.2, 0.25) is 0 Å². The number of aryl methyl sites for hydroxylation is 3. The largest absolute Gasteiger partial charge is 0.481 e. The van der Waals surface area contributed by atoms with Gasteiger partial charge in [0.1, 0.15) is 5.82 Å². The van der Waals surface area contributed by atoms with Gasteiger partial charge in [-0.05, 0) is 30.5 Å². The van der Waals surface area contributed by atoms with Crippen molar-refractivity contribution >= 4 is 17.0 Å². The lowest BCUT2D eigenvalue weighted by molar-refractivity contribution is -0.137. The maximum absolute atomic E-state index is 10.8. The summed E-state index contributed by atoms with van der Waals surface area (Å²) in [5, 5.41) is 8.90. The summed E-state index contributed by atoms with van der Waals surface area (Å²) >= 11 is 0. The molecular formula is C17H24N2O2. The molecule has 0 atom stereocenters. The van der Waals surface area contributed by atoms with Crippen molar-refractivity contribution in [3.8, 4) is 0 Å². The first kappa shape index (κ1) is 15.5. The molecule has 0 bridgehead atoms. The first-order chi connectivity index (χ1) is 10.2. The molecule has 0 fully saturated rings. The minimum atomic E-state index is -0.767. The second-order valence-corrected chi connectivity index (χ2v) is 5.46. The van der Waals surface area contributed by atoms with E-state index in [1.54, 1.807) is 0 Å². The van der Waals surface area contributed by atoms with Crippen LogP contribution in [-0.2, 0) is 24.2 Å². The van der Waals surface area contributed by atoms with Gasteiger partial charge in [0, 0.05) is 13.0 Å². The topological polar surface area (TPSA) is 55.1 Å². The van der Waals surface area contributed by atoms with Crippen LogP contribution >= 0.6 is 0 Å². The van der Waals surface area contributed by atoms with Crippen LogP contribution in [0.5, 0.6) is 0 Å². The van der Waals surface area contributed by atoms with E-state index in [0.717, 1.165) is 36.2 Å². The molecular weight excluding hydrogens is 264 g/mol. The van der Waals surface area contributed by atoms with Crippen LogP contribution in [0.3, 0.4) is 0 Å². The molecule has 4 nitrogen and oxygen atoms in total. The van der Waals surface area contributed by atoms with Crippen molar-refractivity contribution in [1.29, 1.82) is 0 Å². The number of fused-ring (bicyclic) bond motifs is 1. The lowest BCUT2D eigenvalue weighted by Crippen LogP contribution is -2.07. The average Bonchev–Trinajstić information content (AvgIpc) is 2.82. The number of carbonyl (C=O) groups is 1. The molecule has 0 saturated carbocycles. The van der Waals surface area contributed by atoms with Gasteiger partial charge in [-0.15, -0.1) is 0 Å². The predicted molar refractivity (Wildman–Crippen MR) is 84.6 cm³/mol. The van der Waals surface area contributed by atoms with Crippen LogP contribution in [0.25, 0.3) is 11.0 Å². The van der Waals surface area contributed by atoms with E-state index in [9.17, 15) is 4.79 Å². The lowest BCUT2D eigenvalue weighted by Gasteiger charge is -2.08. The van der Waals surface area contributed by atoms with E-state index in [1.807, 2.05) is 0 Å². The van der Waals surface area contributed by atoms with E-state index in [0.29, 0.717) is 6.42 Å². The number of rotatable bonds is 8. The Morgan fingerprint density at radius 2 is 2.10 bits per heavy atom. The molecule has 0 aliphatic rings. The van der Waals surface area contributed by atoms with E-state index in [2.05, 4.69) is 41.6 Å². The van der Waals surface area contributed by atoms with Crippen LogP contribution in [0.2, 0.25) is 0 Å². The molecule has 0 aliphatic carbocycles. The second-order valence-electron chi connectivity index (χ2n) is 5.46. The van der Waals surface area contributed by atoms with Crippen LogP contribution in [-0.4, -0.2) is 20.6 Å². The van der Waals surface area contributed by atoms with Crippen LogP contribution < -0.4 is 0 Å². The fraction of sp³-hybridized carbons (Fsp3) is 0.529. The number of hydrogen-bond acceptors (Lipinski definition) is 2. The first-order valence-corrected chi connectivity index (χ1v) is 7.85. The van der Waals surface area contributed by atoms with E-state index >= 15 is 0 Å². The van der Waals surface area contributed by atoms with Crippen molar-refractivity contribution in [2.45, 2.75) is 58.9 Å². The Hall–Kier alpha value is -1.84. The highest BCUT2D eigenvalue weighted by molar-refractivity contribution is 5.77. The summed E-state index contributed by atoms with van der Waals surface area (Å²) in [6, 6.07) is 6.38. The number of carboxylic acids is 1. The van der Waals surface area contributed by atoms with Gasteiger partial charge in [0.05, 0.1) is 17.5 Å². The van der Waals surface area contributed by atoms with E-state index < -0.39 is 5.97 Å². The molecule has 21 heavy (non-hydrogen) atoms. The fourth-order valence-electron chi connectivity index (χ4n) is 2.62. The maximum atomic E-state index is 10.8. The highest BCUT2D eigenvalue weighted by Crippen LogP contribution is 2.20. The minimum absolute atomic E-state index is 0.137. The zero-order valence-corrected chi connectivity index (χ0v) is 12.9. The van der Waals surface area contributed by atoms with Crippen molar-refractivity contribution in [1.82, 2.24) is 9.55 Å². The van der Waals surface area contributed by atoms with Crippen molar-refractivity contribution in [3.05, 3.63) is 29.6 Å². The SMILES string of the molecule is CCCCCn1c(CCC(=O)O)nc2cc(CC)ccc21. The van der Waals surface area contributed by atoms with Crippen LogP contribution in [0.4, 0.5) is 0 Å². The standard InChI is InChI=1S/C17H24N2O2/c1-3-5-6-11-19-15-8-7-13(4-2)12-14(15)18-16(19)9-10-17(20)21/h7-8,12H,3-6,9-11H2,1-2H3,(H,20,21). The van der Waals surface area contributed by atoms with Gasteiger partial charge in [-0.3, -0.25) is 4.79 Å². The number of unbranched alkanes of at least 4 members (excludes halogenated alkanes) is 2. The molecule has 2 aromatic rings. The zero-order valence-electron chi connectivity index (χ0n) is 12.9. The van der Waals surface area contributed by atoms with E-state index in [1.165, 1.54) is 18.4 Å². The molecule has 0 aliphatic heterocycles. The summed E-state index contributed by atoms with van der Waals surface area (Å²) in [4.78, 5) is 15.5. The Kier molecular flexibility index (Phi) is 5.37. The molecule has 1 N–H and O–H groups in total. The Morgan fingerprint density at radius 3 is 2.76 bits per heavy atom. The summed E-state index contributed by atoms with van der Waals surface area (Å²) in [5.74, 6) is 0.133. The third kappa shape index (κ3) is 3.84. The Morgan fingerprint density at radius 1 is 1.29 bits per heavy atom. The van der Waals surface area contributed by atoms with Gasteiger partial charge in [-0.1, -0.05) is 32.8 Å². The Labute approximate surface area is 125 Å². The molecule has 1 aromatic carbocycles. The molecule has 2 rings (SSSR count). The molecule has 0 amide bonds. The van der Waals surface area contributed by atoms with Crippen LogP contribution in [0, 0.1) is 0 Å². The average molecular weight is 288 g/mol. The van der Waals surface area contributed by atoms with Crippen LogP contribution in [0.15, 0.2) is 18.2 Å². The number of aliphatic carboxylic acids is 1. The van der Waals surface area contributed by atoms with E-state index in [4.69, 9.17) is 5.11 Å². The number of aromatic nitrogens is 2. The van der Waals surface area contributed by atoms with E-state index in [-0.39, 0.29) is 6.42 Å². The molecule has 4 heteroatoms. The zero-order chi connectivity index (χ0) is 15.2. The van der Waals surface area contributed by atoms with Gasteiger partial charge in [-0.25, -0.2) is 4.98 Å². The molecule has 114 valence electrons. The molecule has 1 aromatic heterocycles. The molecule has 0 radical (unpaired) electrons. The summed E-state index contributed by atoms with van der Waals surface area (Å²) < 4.78 is 2.20. The van der Waals surface area contributed by atoms with Gasteiger partial charge in [-0.2, -0.15) is 0 Å². The predicted octanol–water partition coefficient (Wildman–Crippen LogP) is 3.81. The molecule has 1 heterocycles. The number of benzene rings is 1. The van der Waals surface area contributed by atoms with Gasteiger partial charge in [0.15, 0.2) is 0 Å². The van der Waals surface area contributed by atoms with Gasteiger partial charge < -0.3 is 9.67 Å². The number of nitrogens with zero attached hydrogens (tertiary/aromatic N) is 2. The highest BCUT2D eigenvalue weighted by atomic mass is 16.4.